The number of nitrogens with zero attached hydrogens (tertiary/aromatic N) is 1. The van der Waals surface area contributed by atoms with E-state index in [0.29, 0.717) is 0 Å². The number of aryl methyl sites for hydroxylation is 1. The van der Waals surface area contributed by atoms with E-state index in [0.717, 1.165) is 68.1 Å². The Balaban J connectivity index is 1.69. The SMILES string of the molecule is COc1c(C)cnc(C[NH+]2CCC(C(N)=O)([NH+]3CCCCC3)CC2)c1C. The number of rotatable bonds is 5. The number of hydrogen-bond acceptors (Lipinski definition) is 3. The average Bonchev–Trinajstić information content (AvgIpc) is 2.66. The minimum atomic E-state index is -0.350. The number of ether oxygens (including phenoxy) is 1. The predicted octanol–water partition coefficient (Wildman–Crippen LogP) is -0.821. The highest BCUT2D eigenvalue weighted by atomic mass is 16.5. The first kappa shape index (κ1) is 19.1. The van der Waals surface area contributed by atoms with Crippen molar-refractivity contribution >= 4 is 5.91 Å². The molecule has 144 valence electrons. The van der Waals surface area contributed by atoms with Gasteiger partial charge in [-0.3, -0.25) is 9.78 Å². The molecule has 4 N–H and O–H groups in total. The molecular weight excluding hydrogens is 328 g/mol. The van der Waals surface area contributed by atoms with E-state index in [-0.39, 0.29) is 11.4 Å². The van der Waals surface area contributed by atoms with Crippen molar-refractivity contribution in [3.05, 3.63) is 23.0 Å². The van der Waals surface area contributed by atoms with Gasteiger partial charge in [0.15, 0.2) is 5.54 Å². The second kappa shape index (κ2) is 7.92. The average molecular weight is 363 g/mol. The summed E-state index contributed by atoms with van der Waals surface area (Å²) in [6, 6.07) is 0. The van der Waals surface area contributed by atoms with E-state index in [1.807, 2.05) is 13.1 Å². The number of amides is 1. The number of aromatic nitrogens is 1. The second-order valence-corrected chi connectivity index (χ2v) is 8.08. The Morgan fingerprint density at radius 2 is 1.85 bits per heavy atom. The Kier molecular flexibility index (Phi) is 5.82. The summed E-state index contributed by atoms with van der Waals surface area (Å²) in [5, 5.41) is 0. The Morgan fingerprint density at radius 3 is 2.42 bits per heavy atom. The van der Waals surface area contributed by atoms with Gasteiger partial charge in [-0.25, -0.2) is 0 Å². The van der Waals surface area contributed by atoms with Gasteiger partial charge in [0.05, 0.1) is 46.1 Å². The summed E-state index contributed by atoms with van der Waals surface area (Å²) in [5.41, 5.74) is 8.86. The summed E-state index contributed by atoms with van der Waals surface area (Å²) in [7, 11) is 1.72. The van der Waals surface area contributed by atoms with Crippen LogP contribution in [0.25, 0.3) is 0 Å². The highest BCUT2D eigenvalue weighted by molar-refractivity contribution is 5.83. The predicted molar refractivity (Wildman–Crippen MR) is 100 cm³/mol. The fourth-order valence-corrected chi connectivity index (χ4v) is 4.92. The number of piperidine rings is 2. The number of methoxy groups -OCH3 is 1. The Hall–Kier alpha value is -1.66. The third kappa shape index (κ3) is 3.58. The standard InChI is InChI=1S/C20H32N4O2/c1-15-13-22-17(16(2)18(15)26-3)14-23-11-7-20(8-12-23,19(21)25)24-9-5-4-6-10-24/h13H,4-12,14H2,1-3H3,(H2,21,25)/p+2. The molecule has 1 amide bonds. The Morgan fingerprint density at radius 1 is 1.19 bits per heavy atom. The van der Waals surface area contributed by atoms with Crippen molar-refractivity contribution in [2.45, 2.75) is 58.0 Å². The Labute approximate surface area is 156 Å². The first-order chi connectivity index (χ1) is 12.5. The molecule has 3 rings (SSSR count). The molecule has 26 heavy (non-hydrogen) atoms. The van der Waals surface area contributed by atoms with E-state index < -0.39 is 0 Å². The molecule has 0 radical (unpaired) electrons. The monoisotopic (exact) mass is 362 g/mol. The molecule has 0 saturated carbocycles. The maximum Gasteiger partial charge on any atom is 0.279 e. The number of carbonyl (C=O) groups is 1. The van der Waals surface area contributed by atoms with Gasteiger partial charge in [-0.15, -0.1) is 0 Å². The summed E-state index contributed by atoms with van der Waals surface area (Å²) < 4.78 is 5.54. The minimum absolute atomic E-state index is 0.0974. The van der Waals surface area contributed by atoms with Crippen molar-refractivity contribution in [2.75, 3.05) is 33.3 Å². The maximum absolute atomic E-state index is 12.4. The van der Waals surface area contributed by atoms with Crippen molar-refractivity contribution in [3.63, 3.8) is 0 Å². The van der Waals surface area contributed by atoms with Gasteiger partial charge in [-0.2, -0.15) is 0 Å². The first-order valence-corrected chi connectivity index (χ1v) is 9.95. The number of pyridine rings is 1. The fraction of sp³-hybridized carbons (Fsp3) is 0.700. The van der Waals surface area contributed by atoms with Gasteiger partial charge in [0.25, 0.3) is 5.91 Å². The van der Waals surface area contributed by atoms with Gasteiger partial charge in [-0.1, -0.05) is 0 Å². The third-order valence-electron chi connectivity index (χ3n) is 6.58. The molecule has 0 bridgehead atoms. The second-order valence-electron chi connectivity index (χ2n) is 8.08. The molecule has 0 aromatic carbocycles. The zero-order valence-electron chi connectivity index (χ0n) is 16.5. The van der Waals surface area contributed by atoms with Crippen LogP contribution in [0.15, 0.2) is 6.20 Å². The van der Waals surface area contributed by atoms with E-state index in [1.54, 1.807) is 7.11 Å². The van der Waals surface area contributed by atoms with Crippen LogP contribution in [-0.2, 0) is 11.3 Å². The van der Waals surface area contributed by atoms with Crippen LogP contribution in [0.4, 0.5) is 0 Å². The van der Waals surface area contributed by atoms with Gasteiger partial charge < -0.3 is 20.3 Å². The van der Waals surface area contributed by atoms with Crippen LogP contribution in [0.2, 0.25) is 0 Å². The molecular formula is C20H34N4O2+2. The van der Waals surface area contributed by atoms with E-state index in [2.05, 4.69) is 11.9 Å². The lowest BCUT2D eigenvalue weighted by atomic mass is 9.83. The summed E-state index contributed by atoms with van der Waals surface area (Å²) in [6.45, 7) is 9.13. The van der Waals surface area contributed by atoms with Crippen molar-refractivity contribution in [1.82, 2.24) is 4.98 Å². The molecule has 0 spiro atoms. The van der Waals surface area contributed by atoms with Crippen LogP contribution < -0.4 is 20.3 Å². The molecule has 6 nitrogen and oxygen atoms in total. The molecule has 2 saturated heterocycles. The van der Waals surface area contributed by atoms with Crippen molar-refractivity contribution < 1.29 is 19.3 Å². The normalized spacial score (nSPS) is 27.3. The highest BCUT2D eigenvalue weighted by Crippen LogP contribution is 2.23. The lowest BCUT2D eigenvalue weighted by Crippen LogP contribution is -3.25. The van der Waals surface area contributed by atoms with Crippen LogP contribution in [0.3, 0.4) is 0 Å². The van der Waals surface area contributed by atoms with Crippen LogP contribution >= 0.6 is 0 Å². The molecule has 6 heteroatoms. The number of nitrogens with two attached hydrogens (primary N) is 1. The van der Waals surface area contributed by atoms with E-state index in [9.17, 15) is 4.79 Å². The molecule has 2 aliphatic heterocycles. The van der Waals surface area contributed by atoms with Crippen LogP contribution in [0.5, 0.6) is 5.75 Å². The number of hydrogen-bond donors (Lipinski definition) is 3. The summed E-state index contributed by atoms with van der Waals surface area (Å²) in [5.74, 6) is 0.843. The van der Waals surface area contributed by atoms with Crippen molar-refractivity contribution in [2.24, 2.45) is 5.73 Å². The number of likely N-dealkylation sites (tertiary alicyclic amines) is 2. The zero-order valence-corrected chi connectivity index (χ0v) is 16.5. The largest absolute Gasteiger partial charge is 0.496 e. The summed E-state index contributed by atoms with van der Waals surface area (Å²) in [6.07, 6.45) is 7.39. The fourth-order valence-electron chi connectivity index (χ4n) is 4.92. The minimum Gasteiger partial charge on any atom is -0.496 e. The number of primary amides is 1. The Bertz CT molecular complexity index is 647. The number of quaternary nitrogens is 2. The lowest BCUT2D eigenvalue weighted by Gasteiger charge is -2.43. The lowest BCUT2D eigenvalue weighted by molar-refractivity contribution is -0.978. The molecule has 0 aliphatic carbocycles. The summed E-state index contributed by atoms with van der Waals surface area (Å²) in [4.78, 5) is 19.9. The number of nitrogens with one attached hydrogen (secondary N) is 2. The topological polar surface area (TPSA) is 74.1 Å². The van der Waals surface area contributed by atoms with Crippen molar-refractivity contribution in [3.8, 4) is 5.75 Å². The molecule has 0 unspecified atom stereocenters. The van der Waals surface area contributed by atoms with Crippen LogP contribution in [0, 0.1) is 13.8 Å². The molecule has 2 aliphatic rings. The molecule has 2 fully saturated rings. The quantitative estimate of drug-likeness (QED) is 0.641. The van der Waals surface area contributed by atoms with Gasteiger partial charge in [0.2, 0.25) is 0 Å². The smallest absolute Gasteiger partial charge is 0.279 e. The van der Waals surface area contributed by atoms with Gasteiger partial charge >= 0.3 is 0 Å². The molecule has 3 heterocycles. The van der Waals surface area contributed by atoms with Crippen LogP contribution in [-0.4, -0.2) is 49.7 Å². The van der Waals surface area contributed by atoms with Gasteiger partial charge in [0, 0.05) is 17.3 Å². The third-order valence-corrected chi connectivity index (χ3v) is 6.58. The van der Waals surface area contributed by atoms with E-state index >= 15 is 0 Å². The zero-order chi connectivity index (χ0) is 18.7. The van der Waals surface area contributed by atoms with Crippen molar-refractivity contribution in [1.29, 1.82) is 0 Å². The van der Waals surface area contributed by atoms with E-state index in [4.69, 9.17) is 10.5 Å². The van der Waals surface area contributed by atoms with E-state index in [1.165, 1.54) is 29.1 Å². The maximum atomic E-state index is 12.4. The molecule has 1 aromatic heterocycles. The van der Waals surface area contributed by atoms with Gasteiger partial charge in [-0.05, 0) is 33.1 Å². The highest BCUT2D eigenvalue weighted by Gasteiger charge is 2.50. The number of carbonyl (C=O) groups excluding carboxylic acids is 1. The van der Waals surface area contributed by atoms with Gasteiger partial charge in [0.1, 0.15) is 18.0 Å². The summed E-state index contributed by atoms with van der Waals surface area (Å²) >= 11 is 0. The molecule has 0 atom stereocenters. The first-order valence-electron chi connectivity index (χ1n) is 9.95. The molecule has 1 aromatic rings. The van der Waals surface area contributed by atoms with Crippen LogP contribution in [0.1, 0.15) is 48.9 Å².